The highest BCUT2D eigenvalue weighted by Gasteiger charge is 2.15. The minimum Gasteiger partial charge on any atom is -0.368 e. The Morgan fingerprint density at radius 2 is 1.54 bits per heavy atom. The van der Waals surface area contributed by atoms with Crippen LogP contribution in [0.25, 0.3) is 21.8 Å². The fraction of sp³-hybridized carbons (Fsp3) is 0.0741. The Bertz CT molecular complexity index is 1580. The average molecular weight is 528 g/mol. The number of amides is 2. The third-order valence-corrected chi connectivity index (χ3v) is 6.34. The molecule has 0 aliphatic carbocycles. The molecule has 0 radical (unpaired) electrons. The van der Waals surface area contributed by atoms with E-state index in [0.717, 1.165) is 37.4 Å². The zero-order valence-electron chi connectivity index (χ0n) is 18.7. The number of para-hydroxylation sites is 2. The number of fused-ring (bicyclic) bond motifs is 2. The van der Waals surface area contributed by atoms with E-state index in [4.69, 9.17) is 5.73 Å². The lowest BCUT2D eigenvalue weighted by molar-refractivity contribution is -0.118. The molecule has 0 aliphatic rings. The fourth-order valence-electron chi connectivity index (χ4n) is 4.24. The summed E-state index contributed by atoms with van der Waals surface area (Å²) in [5.74, 6) is -0.727. The van der Waals surface area contributed by atoms with Crippen LogP contribution in [0.2, 0.25) is 0 Å². The largest absolute Gasteiger partial charge is 0.368 e. The van der Waals surface area contributed by atoms with Crippen LogP contribution in [-0.2, 0) is 17.9 Å². The van der Waals surface area contributed by atoms with Crippen molar-refractivity contribution in [1.29, 1.82) is 0 Å². The van der Waals surface area contributed by atoms with E-state index in [1.54, 1.807) is 17.0 Å². The van der Waals surface area contributed by atoms with E-state index in [0.29, 0.717) is 12.1 Å². The van der Waals surface area contributed by atoms with Gasteiger partial charge in [0.25, 0.3) is 5.91 Å². The molecular formula is C27H22BrN5O2. The van der Waals surface area contributed by atoms with E-state index in [-0.39, 0.29) is 12.5 Å². The molecule has 0 aliphatic heterocycles. The molecule has 0 saturated carbocycles. The summed E-state index contributed by atoms with van der Waals surface area (Å²) in [6, 6.07) is 23.6. The Morgan fingerprint density at radius 1 is 0.886 bits per heavy atom. The highest BCUT2D eigenvalue weighted by Crippen LogP contribution is 2.23. The first-order chi connectivity index (χ1) is 17.0. The lowest BCUT2D eigenvalue weighted by Crippen LogP contribution is -2.18. The van der Waals surface area contributed by atoms with Gasteiger partial charge in [0.05, 0.1) is 11.8 Å². The number of nitrogens with zero attached hydrogens (tertiary/aromatic N) is 3. The lowest BCUT2D eigenvalue weighted by Gasteiger charge is -2.05. The number of hydrogen-bond acceptors (Lipinski definition) is 3. The number of rotatable bonds is 7. The van der Waals surface area contributed by atoms with Crippen molar-refractivity contribution in [1.82, 2.24) is 14.6 Å². The number of benzene rings is 3. The van der Waals surface area contributed by atoms with Crippen LogP contribution in [0.5, 0.6) is 0 Å². The molecule has 3 N–H and O–H groups in total. The van der Waals surface area contributed by atoms with E-state index in [1.165, 1.54) is 0 Å². The van der Waals surface area contributed by atoms with Crippen molar-refractivity contribution < 1.29 is 9.59 Å². The van der Waals surface area contributed by atoms with Crippen molar-refractivity contribution in [2.75, 3.05) is 0 Å². The van der Waals surface area contributed by atoms with Crippen LogP contribution in [0, 0.1) is 0 Å². The normalized spacial score (nSPS) is 11.5. The molecule has 0 bridgehead atoms. The molecule has 2 aromatic heterocycles. The van der Waals surface area contributed by atoms with Crippen molar-refractivity contribution in [2.24, 2.45) is 10.8 Å². The van der Waals surface area contributed by atoms with Crippen LogP contribution in [0.15, 0.2) is 94.8 Å². The molecular weight excluding hydrogens is 506 g/mol. The van der Waals surface area contributed by atoms with E-state index >= 15 is 0 Å². The number of aromatic nitrogens is 2. The lowest BCUT2D eigenvalue weighted by atomic mass is 10.1. The first-order valence-corrected chi connectivity index (χ1v) is 11.8. The Balaban J connectivity index is 1.40. The number of halogens is 1. The van der Waals surface area contributed by atoms with Gasteiger partial charge >= 0.3 is 0 Å². The second kappa shape index (κ2) is 9.60. The average Bonchev–Trinajstić information content (AvgIpc) is 3.39. The van der Waals surface area contributed by atoms with E-state index < -0.39 is 5.91 Å². The SMILES string of the molecule is NC(=O)Cn1cc(/C=N\NC(=O)c2cn(Cc3ccc(Br)cc3)c3ccccc23)c2ccccc21. The molecule has 174 valence electrons. The Hall–Kier alpha value is -4.17. The molecule has 0 fully saturated rings. The molecule has 3 aromatic carbocycles. The van der Waals surface area contributed by atoms with Gasteiger partial charge in [-0.15, -0.1) is 0 Å². The summed E-state index contributed by atoms with van der Waals surface area (Å²) in [5, 5.41) is 5.97. The fourth-order valence-corrected chi connectivity index (χ4v) is 4.51. The standard InChI is InChI=1S/C27H22BrN5O2/c28-20-11-9-18(10-12-20)14-32-16-23(22-6-2-4-8-25(22)32)27(35)31-30-13-19-15-33(17-26(29)34)24-7-3-1-5-21(19)24/h1-13,15-16H,14,17H2,(H2,29,34)(H,31,35)/b30-13-. The quantitative estimate of drug-likeness (QED) is 0.238. The highest BCUT2D eigenvalue weighted by atomic mass is 79.9. The maximum Gasteiger partial charge on any atom is 0.273 e. The number of nitrogens with two attached hydrogens (primary N) is 1. The van der Waals surface area contributed by atoms with E-state index in [2.05, 4.69) is 43.2 Å². The molecule has 0 spiro atoms. The van der Waals surface area contributed by atoms with Gasteiger partial charge in [-0.3, -0.25) is 9.59 Å². The second-order valence-corrected chi connectivity index (χ2v) is 9.12. The van der Waals surface area contributed by atoms with Crippen LogP contribution < -0.4 is 11.2 Å². The van der Waals surface area contributed by atoms with Gasteiger partial charge in [0.2, 0.25) is 5.91 Å². The van der Waals surface area contributed by atoms with Gasteiger partial charge in [-0.1, -0.05) is 64.5 Å². The number of carbonyl (C=O) groups is 2. The van der Waals surface area contributed by atoms with Gasteiger partial charge in [-0.25, -0.2) is 5.43 Å². The van der Waals surface area contributed by atoms with Crippen molar-refractivity contribution in [3.63, 3.8) is 0 Å². The van der Waals surface area contributed by atoms with Crippen LogP contribution >= 0.6 is 15.9 Å². The number of hydrogen-bond donors (Lipinski definition) is 2. The second-order valence-electron chi connectivity index (χ2n) is 8.21. The molecule has 0 saturated heterocycles. The van der Waals surface area contributed by atoms with Gasteiger partial charge in [-0.05, 0) is 29.8 Å². The number of primary amides is 1. The first-order valence-electron chi connectivity index (χ1n) is 11.0. The van der Waals surface area contributed by atoms with Gasteiger partial charge in [-0.2, -0.15) is 5.10 Å². The summed E-state index contributed by atoms with van der Waals surface area (Å²) in [6.45, 7) is 0.711. The number of hydrazone groups is 1. The molecule has 35 heavy (non-hydrogen) atoms. The Labute approximate surface area is 210 Å². The zero-order valence-corrected chi connectivity index (χ0v) is 20.3. The predicted octanol–water partition coefficient (Wildman–Crippen LogP) is 4.66. The van der Waals surface area contributed by atoms with Gasteiger partial charge in [0.15, 0.2) is 0 Å². The van der Waals surface area contributed by atoms with E-state index in [1.807, 2.05) is 66.9 Å². The molecule has 5 aromatic rings. The summed E-state index contributed by atoms with van der Waals surface area (Å²) in [4.78, 5) is 24.5. The van der Waals surface area contributed by atoms with Gasteiger partial charge in [0, 0.05) is 50.8 Å². The maximum atomic E-state index is 13.1. The summed E-state index contributed by atoms with van der Waals surface area (Å²) in [5.41, 5.74) is 12.3. The molecule has 0 atom stereocenters. The third-order valence-electron chi connectivity index (χ3n) is 5.81. The molecule has 0 unspecified atom stereocenters. The van der Waals surface area contributed by atoms with Gasteiger partial charge < -0.3 is 14.9 Å². The molecule has 8 heteroatoms. The predicted molar refractivity (Wildman–Crippen MR) is 141 cm³/mol. The van der Waals surface area contributed by atoms with Crippen molar-refractivity contribution in [2.45, 2.75) is 13.1 Å². The third kappa shape index (κ3) is 4.74. The Kier molecular flexibility index (Phi) is 6.20. The van der Waals surface area contributed by atoms with Crippen LogP contribution in [0.4, 0.5) is 0 Å². The smallest absolute Gasteiger partial charge is 0.273 e. The summed E-state index contributed by atoms with van der Waals surface area (Å²) >= 11 is 3.46. The first kappa shape index (κ1) is 22.6. The number of nitrogens with one attached hydrogen (secondary N) is 1. The molecule has 7 nitrogen and oxygen atoms in total. The number of carbonyl (C=O) groups excluding carboxylic acids is 2. The Morgan fingerprint density at radius 3 is 2.26 bits per heavy atom. The van der Waals surface area contributed by atoms with Crippen LogP contribution in [0.1, 0.15) is 21.5 Å². The summed E-state index contributed by atoms with van der Waals surface area (Å²) in [6.07, 6.45) is 5.24. The molecule has 2 amide bonds. The minimum absolute atomic E-state index is 0.0680. The van der Waals surface area contributed by atoms with E-state index in [9.17, 15) is 9.59 Å². The van der Waals surface area contributed by atoms with Crippen LogP contribution in [-0.4, -0.2) is 27.2 Å². The van der Waals surface area contributed by atoms with Crippen LogP contribution in [0.3, 0.4) is 0 Å². The van der Waals surface area contributed by atoms with Gasteiger partial charge in [0.1, 0.15) is 6.54 Å². The maximum absolute atomic E-state index is 13.1. The molecule has 5 rings (SSSR count). The molecule has 2 heterocycles. The summed E-state index contributed by atoms with van der Waals surface area (Å²) in [7, 11) is 0. The van der Waals surface area contributed by atoms with Crippen molar-refractivity contribution >= 4 is 55.8 Å². The van der Waals surface area contributed by atoms with Crippen molar-refractivity contribution in [3.05, 3.63) is 106 Å². The highest BCUT2D eigenvalue weighted by molar-refractivity contribution is 9.10. The van der Waals surface area contributed by atoms with Crippen molar-refractivity contribution in [3.8, 4) is 0 Å². The topological polar surface area (TPSA) is 94.4 Å². The monoisotopic (exact) mass is 527 g/mol. The summed E-state index contributed by atoms with van der Waals surface area (Å²) < 4.78 is 4.86. The minimum atomic E-state index is -0.429. The zero-order chi connectivity index (χ0) is 24.4.